The Hall–Kier alpha value is -1.12. The van der Waals surface area contributed by atoms with E-state index in [-0.39, 0.29) is 13.0 Å². The predicted octanol–water partition coefficient (Wildman–Crippen LogP) is 3.95. The maximum absolute atomic E-state index is 12.8. The van der Waals surface area contributed by atoms with Gasteiger partial charge in [0.25, 0.3) is 0 Å². The molecule has 0 spiro atoms. The molecule has 130 valence electrons. The standard InChI is InChI=1S/C13H20F5NO3/c1-11(2,3)22-10(20)19-7-5-4-6-9(19)8-21-13(17,18)12(14,15)16/h9H,4-8H2,1-3H3. The Morgan fingerprint density at radius 2 is 1.73 bits per heavy atom. The van der Waals surface area contributed by atoms with Crippen LogP contribution in [-0.2, 0) is 9.47 Å². The molecule has 0 aliphatic carbocycles. The molecule has 0 aromatic rings. The molecule has 1 amide bonds. The molecule has 1 heterocycles. The summed E-state index contributed by atoms with van der Waals surface area (Å²) in [6, 6.07) is -0.864. The average Bonchev–Trinajstić information content (AvgIpc) is 2.33. The molecule has 1 rings (SSSR count). The second kappa shape index (κ2) is 6.55. The monoisotopic (exact) mass is 333 g/mol. The number of halogens is 5. The molecule has 4 nitrogen and oxygen atoms in total. The van der Waals surface area contributed by atoms with Crippen molar-refractivity contribution in [2.24, 2.45) is 0 Å². The molecule has 0 bridgehead atoms. The highest BCUT2D eigenvalue weighted by Crippen LogP contribution is 2.37. The molecular weight excluding hydrogens is 313 g/mol. The number of amides is 1. The van der Waals surface area contributed by atoms with Crippen LogP contribution >= 0.6 is 0 Å². The van der Waals surface area contributed by atoms with Gasteiger partial charge in [-0.3, -0.25) is 0 Å². The quantitative estimate of drug-likeness (QED) is 0.734. The number of piperidine rings is 1. The average molecular weight is 333 g/mol. The van der Waals surface area contributed by atoms with Gasteiger partial charge in [-0.1, -0.05) is 0 Å². The fraction of sp³-hybridized carbons (Fsp3) is 0.923. The van der Waals surface area contributed by atoms with Crippen LogP contribution in [-0.4, -0.2) is 48.1 Å². The summed E-state index contributed by atoms with van der Waals surface area (Å²) in [6.07, 6.45) is -10.2. The molecule has 1 aliphatic heterocycles. The van der Waals surface area contributed by atoms with Gasteiger partial charge in [-0.15, -0.1) is 0 Å². The Kier molecular flexibility index (Phi) is 5.64. The first-order chi connectivity index (χ1) is 9.83. The largest absolute Gasteiger partial charge is 0.482 e. The van der Waals surface area contributed by atoms with E-state index >= 15 is 0 Å². The number of hydrogen-bond acceptors (Lipinski definition) is 3. The number of likely N-dealkylation sites (tertiary alicyclic amines) is 1. The number of hydrogen-bond donors (Lipinski definition) is 0. The third-order valence-electron chi connectivity index (χ3n) is 3.04. The predicted molar refractivity (Wildman–Crippen MR) is 67.5 cm³/mol. The molecule has 1 unspecified atom stereocenters. The summed E-state index contributed by atoms with van der Waals surface area (Å²) >= 11 is 0. The van der Waals surface area contributed by atoms with Crippen LogP contribution in [0, 0.1) is 0 Å². The van der Waals surface area contributed by atoms with Gasteiger partial charge in [-0.25, -0.2) is 4.79 Å². The van der Waals surface area contributed by atoms with Crippen LogP contribution in [0.4, 0.5) is 26.7 Å². The van der Waals surface area contributed by atoms with Gasteiger partial charge in [-0.05, 0) is 40.0 Å². The van der Waals surface area contributed by atoms with Crippen LogP contribution in [0.5, 0.6) is 0 Å². The number of rotatable bonds is 3. The van der Waals surface area contributed by atoms with Crippen molar-refractivity contribution in [2.75, 3.05) is 13.2 Å². The van der Waals surface area contributed by atoms with Crippen LogP contribution in [0.3, 0.4) is 0 Å². The maximum atomic E-state index is 12.8. The van der Waals surface area contributed by atoms with E-state index in [0.717, 1.165) is 4.90 Å². The highest BCUT2D eigenvalue weighted by Gasteiger charge is 2.59. The van der Waals surface area contributed by atoms with Crippen molar-refractivity contribution < 1.29 is 36.2 Å². The lowest BCUT2D eigenvalue weighted by atomic mass is 10.0. The molecule has 9 heteroatoms. The summed E-state index contributed by atoms with van der Waals surface area (Å²) in [5, 5.41) is 0. The van der Waals surface area contributed by atoms with E-state index in [0.29, 0.717) is 12.8 Å². The van der Waals surface area contributed by atoms with Gasteiger partial charge < -0.3 is 14.4 Å². The highest BCUT2D eigenvalue weighted by molar-refractivity contribution is 5.68. The van der Waals surface area contributed by atoms with Crippen LogP contribution in [0.1, 0.15) is 40.0 Å². The molecule has 0 radical (unpaired) electrons. The van der Waals surface area contributed by atoms with E-state index in [2.05, 4.69) is 4.74 Å². The molecule has 1 saturated heterocycles. The number of ether oxygens (including phenoxy) is 2. The highest BCUT2D eigenvalue weighted by atomic mass is 19.4. The summed E-state index contributed by atoms with van der Waals surface area (Å²) in [7, 11) is 0. The third-order valence-corrected chi connectivity index (χ3v) is 3.04. The SMILES string of the molecule is CC(C)(C)OC(=O)N1CCCCC1COC(F)(F)C(F)(F)F. The molecule has 0 aromatic carbocycles. The smallest absolute Gasteiger partial charge is 0.444 e. The van der Waals surface area contributed by atoms with Gasteiger partial charge in [0, 0.05) is 6.54 Å². The molecule has 1 atom stereocenters. The lowest BCUT2D eigenvalue weighted by Gasteiger charge is -2.37. The van der Waals surface area contributed by atoms with E-state index in [1.54, 1.807) is 20.8 Å². The summed E-state index contributed by atoms with van der Waals surface area (Å²) in [4.78, 5) is 13.1. The van der Waals surface area contributed by atoms with Gasteiger partial charge >= 0.3 is 18.4 Å². The van der Waals surface area contributed by atoms with Crippen molar-refractivity contribution in [3.63, 3.8) is 0 Å². The van der Waals surface area contributed by atoms with E-state index < -0.39 is 36.6 Å². The Morgan fingerprint density at radius 3 is 2.23 bits per heavy atom. The van der Waals surface area contributed by atoms with Crippen molar-refractivity contribution >= 4 is 6.09 Å². The zero-order valence-corrected chi connectivity index (χ0v) is 12.7. The maximum Gasteiger partial charge on any atom is 0.482 e. The zero-order chi connectivity index (χ0) is 17.2. The molecule has 1 fully saturated rings. The van der Waals surface area contributed by atoms with Crippen LogP contribution in [0.2, 0.25) is 0 Å². The molecule has 0 saturated carbocycles. The molecular formula is C13H20F5NO3. The van der Waals surface area contributed by atoms with Gasteiger partial charge in [0.15, 0.2) is 0 Å². The van der Waals surface area contributed by atoms with E-state index in [4.69, 9.17) is 4.74 Å². The first-order valence-corrected chi connectivity index (χ1v) is 6.91. The van der Waals surface area contributed by atoms with E-state index in [1.807, 2.05) is 0 Å². The Balaban J connectivity index is 2.68. The minimum absolute atomic E-state index is 0.237. The van der Waals surface area contributed by atoms with Crippen molar-refractivity contribution in [3.05, 3.63) is 0 Å². The Bertz CT molecular complexity index is 392. The van der Waals surface area contributed by atoms with Crippen molar-refractivity contribution in [2.45, 2.75) is 64.0 Å². The van der Waals surface area contributed by atoms with Crippen molar-refractivity contribution in [3.8, 4) is 0 Å². The zero-order valence-electron chi connectivity index (χ0n) is 12.7. The first-order valence-electron chi connectivity index (χ1n) is 6.91. The summed E-state index contributed by atoms with van der Waals surface area (Å²) < 4.78 is 70.7. The first kappa shape index (κ1) is 18.9. The van der Waals surface area contributed by atoms with Gasteiger partial charge in [0.2, 0.25) is 0 Å². The summed E-state index contributed by atoms with van der Waals surface area (Å²) in [6.45, 7) is 4.25. The van der Waals surface area contributed by atoms with Gasteiger partial charge in [0.05, 0.1) is 12.6 Å². The Labute approximate surface area is 125 Å². The minimum Gasteiger partial charge on any atom is -0.444 e. The lowest BCUT2D eigenvalue weighted by Crippen LogP contribution is -2.50. The summed E-state index contributed by atoms with van der Waals surface area (Å²) in [5.74, 6) is 0. The topological polar surface area (TPSA) is 38.8 Å². The van der Waals surface area contributed by atoms with Crippen LogP contribution in [0.25, 0.3) is 0 Å². The van der Waals surface area contributed by atoms with Crippen LogP contribution < -0.4 is 0 Å². The second-order valence-electron chi connectivity index (χ2n) is 6.15. The normalized spacial score (nSPS) is 20.9. The number of alkyl halides is 5. The lowest BCUT2D eigenvalue weighted by molar-refractivity contribution is -0.393. The molecule has 0 N–H and O–H groups in total. The minimum atomic E-state index is -5.78. The van der Waals surface area contributed by atoms with Crippen LogP contribution in [0.15, 0.2) is 0 Å². The van der Waals surface area contributed by atoms with Crippen molar-refractivity contribution in [1.29, 1.82) is 0 Å². The van der Waals surface area contributed by atoms with Gasteiger partial charge in [-0.2, -0.15) is 22.0 Å². The van der Waals surface area contributed by atoms with E-state index in [9.17, 15) is 26.7 Å². The summed E-state index contributed by atoms with van der Waals surface area (Å²) in [5.41, 5.74) is -0.782. The second-order valence-corrected chi connectivity index (χ2v) is 6.15. The fourth-order valence-corrected chi connectivity index (χ4v) is 2.02. The third kappa shape index (κ3) is 5.26. The molecule has 0 aromatic heterocycles. The van der Waals surface area contributed by atoms with E-state index in [1.165, 1.54) is 0 Å². The number of nitrogens with zero attached hydrogens (tertiary/aromatic N) is 1. The van der Waals surface area contributed by atoms with Gasteiger partial charge in [0.1, 0.15) is 5.60 Å². The number of carbonyl (C=O) groups excluding carboxylic acids is 1. The Morgan fingerprint density at radius 1 is 1.14 bits per heavy atom. The number of carbonyl (C=O) groups is 1. The van der Waals surface area contributed by atoms with Crippen molar-refractivity contribution in [1.82, 2.24) is 4.90 Å². The molecule has 1 aliphatic rings. The molecule has 22 heavy (non-hydrogen) atoms. The fourth-order valence-electron chi connectivity index (χ4n) is 2.02.